The highest BCUT2D eigenvalue weighted by Crippen LogP contribution is 2.37. The summed E-state index contributed by atoms with van der Waals surface area (Å²) in [7, 11) is -1.98. The molecule has 2 aliphatic heterocycles. The highest BCUT2D eigenvalue weighted by Gasteiger charge is 2.50. The second-order valence-electron chi connectivity index (χ2n) is 11.7. The number of rotatable bonds is 9. The number of amides is 1. The number of nitrogens with zero attached hydrogens (tertiary/aromatic N) is 8. The van der Waals surface area contributed by atoms with Crippen molar-refractivity contribution < 1.29 is 47.9 Å². The molecule has 6 rings (SSSR count). The Morgan fingerprint density at radius 1 is 1.14 bits per heavy atom. The van der Waals surface area contributed by atoms with Crippen LogP contribution < -0.4 is 9.64 Å². The van der Waals surface area contributed by atoms with Crippen LogP contribution in [0.3, 0.4) is 0 Å². The molecule has 4 N–H and O–H groups in total. The van der Waals surface area contributed by atoms with Crippen LogP contribution >= 0.6 is 0 Å². The van der Waals surface area contributed by atoms with Gasteiger partial charge in [0.15, 0.2) is 11.8 Å². The first-order valence-corrected chi connectivity index (χ1v) is 16.6. The molecule has 19 heteroatoms. The first-order valence-electron chi connectivity index (χ1n) is 15.0. The largest absolute Gasteiger partial charge is 0.479 e. The molecular weight excluding hydrogens is 664 g/mol. The third-order valence-electron chi connectivity index (χ3n) is 8.71. The molecule has 0 saturated carbocycles. The highest BCUT2D eigenvalue weighted by atomic mass is 32.2. The topological polar surface area (TPSA) is 246 Å². The fourth-order valence-corrected chi connectivity index (χ4v) is 7.13. The summed E-state index contributed by atoms with van der Waals surface area (Å²) in [5.74, 6) is -1.62. The summed E-state index contributed by atoms with van der Waals surface area (Å²) in [6, 6.07) is 9.36. The van der Waals surface area contributed by atoms with E-state index in [1.807, 2.05) is 0 Å². The van der Waals surface area contributed by atoms with Gasteiger partial charge < -0.3 is 29.9 Å². The number of ether oxygens (including phenoxy) is 2. The number of fused-ring (bicyclic) bond motifs is 1. The SMILES string of the molecule is CCS(=O)(=O)N1CC(CC#N)(n2cc(-c3ncnc4c3ccn4C(=O)N(C)c3ccccc3O[C@@H]3O[C@H](C(=O)O)[C@@H](O)[C@H](O)[C@H]3O)cn2)C1. The van der Waals surface area contributed by atoms with E-state index in [9.17, 15) is 43.7 Å². The Morgan fingerprint density at radius 2 is 1.88 bits per heavy atom. The van der Waals surface area contributed by atoms with Crippen LogP contribution in [0.5, 0.6) is 5.75 Å². The molecule has 0 spiro atoms. The minimum Gasteiger partial charge on any atom is -0.479 e. The monoisotopic (exact) mass is 696 g/mol. The summed E-state index contributed by atoms with van der Waals surface area (Å²) in [6.07, 6.45) is -3.12. The second kappa shape index (κ2) is 12.8. The van der Waals surface area contributed by atoms with Crippen molar-refractivity contribution in [2.45, 2.75) is 49.6 Å². The van der Waals surface area contributed by atoms with Crippen LogP contribution in [0.4, 0.5) is 10.5 Å². The summed E-state index contributed by atoms with van der Waals surface area (Å²) < 4.78 is 39.9. The Kier molecular flexibility index (Phi) is 8.87. The lowest BCUT2D eigenvalue weighted by Crippen LogP contribution is -2.64. The lowest BCUT2D eigenvalue weighted by Gasteiger charge is -2.47. The Balaban J connectivity index is 1.26. The second-order valence-corrected chi connectivity index (χ2v) is 14.0. The number of aliphatic hydroxyl groups excluding tert-OH is 3. The molecule has 2 fully saturated rings. The molecule has 0 bridgehead atoms. The van der Waals surface area contributed by atoms with Gasteiger partial charge in [-0.1, -0.05) is 12.1 Å². The van der Waals surface area contributed by atoms with Gasteiger partial charge >= 0.3 is 12.0 Å². The zero-order valence-electron chi connectivity index (χ0n) is 26.1. The number of aromatic nitrogens is 5. The normalized spacial score (nSPS) is 23.8. The van der Waals surface area contributed by atoms with Crippen molar-refractivity contribution >= 4 is 38.7 Å². The van der Waals surface area contributed by atoms with Crippen molar-refractivity contribution in [3.8, 4) is 23.1 Å². The number of carboxylic acids is 1. The lowest BCUT2D eigenvalue weighted by molar-refractivity contribution is -0.271. The Bertz CT molecular complexity index is 2050. The number of nitriles is 1. The van der Waals surface area contributed by atoms with Gasteiger partial charge in [0.1, 0.15) is 35.9 Å². The van der Waals surface area contributed by atoms with E-state index in [4.69, 9.17) is 9.47 Å². The van der Waals surface area contributed by atoms with Gasteiger partial charge in [0.05, 0.1) is 35.8 Å². The van der Waals surface area contributed by atoms with Gasteiger partial charge in [0.25, 0.3) is 0 Å². The number of carbonyl (C=O) groups is 2. The van der Waals surface area contributed by atoms with Gasteiger partial charge in [-0.15, -0.1) is 0 Å². The van der Waals surface area contributed by atoms with Crippen molar-refractivity contribution in [2.75, 3.05) is 30.8 Å². The number of hydrogen-bond acceptors (Lipinski definition) is 13. The number of carbonyl (C=O) groups excluding carboxylic acids is 1. The Labute approximate surface area is 279 Å². The third-order valence-corrected chi connectivity index (χ3v) is 10.5. The van der Waals surface area contributed by atoms with Gasteiger partial charge in [-0.25, -0.2) is 28.0 Å². The molecule has 0 unspecified atom stereocenters. The van der Waals surface area contributed by atoms with Crippen molar-refractivity contribution in [3.63, 3.8) is 0 Å². The van der Waals surface area contributed by atoms with E-state index in [0.29, 0.717) is 16.6 Å². The predicted molar refractivity (Wildman–Crippen MR) is 169 cm³/mol. The quantitative estimate of drug-likeness (QED) is 0.179. The zero-order chi connectivity index (χ0) is 35.2. The average Bonchev–Trinajstić information content (AvgIpc) is 3.74. The maximum absolute atomic E-state index is 13.8. The molecule has 18 nitrogen and oxygen atoms in total. The summed E-state index contributed by atoms with van der Waals surface area (Å²) in [5, 5.41) is 54.5. The third kappa shape index (κ3) is 5.88. The summed E-state index contributed by atoms with van der Waals surface area (Å²) in [4.78, 5) is 35.3. The number of aliphatic hydroxyl groups is 3. The van der Waals surface area contributed by atoms with Crippen LogP contribution in [-0.4, -0.2) is 126 Å². The summed E-state index contributed by atoms with van der Waals surface area (Å²) in [6.45, 7) is 1.77. The van der Waals surface area contributed by atoms with E-state index in [0.717, 1.165) is 0 Å². The minimum atomic E-state index is -3.43. The number of benzene rings is 1. The van der Waals surface area contributed by atoms with Gasteiger partial charge in [-0.05, 0) is 25.1 Å². The first kappa shape index (κ1) is 33.9. The van der Waals surface area contributed by atoms with Crippen LogP contribution in [-0.2, 0) is 25.1 Å². The van der Waals surface area contributed by atoms with Crippen molar-refractivity contribution in [3.05, 3.63) is 55.2 Å². The molecule has 5 heterocycles. The van der Waals surface area contributed by atoms with Crippen LogP contribution in [0.1, 0.15) is 13.3 Å². The predicted octanol–water partition coefficient (Wildman–Crippen LogP) is -0.0554. The lowest BCUT2D eigenvalue weighted by atomic mass is 9.89. The van der Waals surface area contributed by atoms with Gasteiger partial charge in [-0.3, -0.25) is 14.1 Å². The molecule has 1 amide bonds. The standard InChI is InChI=1S/C30H32N8O10S/c1-3-49(45,46)36-14-30(15-36,9-10-31)38-13-17(12-34-38)21-18-8-11-37(26(18)33-16-32-21)29(44)35(2)19-6-4-5-7-20(19)47-28-24(41)22(39)23(40)25(48-28)27(42)43/h4-8,11-13,16,22-25,28,39-41H,3,9,14-15H2,1-2H3,(H,42,43)/t22-,23-,24+,25-,28+/m0/s1. The van der Waals surface area contributed by atoms with Gasteiger partial charge in [0, 0.05) is 43.5 Å². The number of carboxylic acid groups (broad SMARTS) is 1. The van der Waals surface area contributed by atoms with E-state index < -0.39 is 58.3 Å². The molecule has 3 aromatic heterocycles. The zero-order valence-corrected chi connectivity index (χ0v) is 27.0. The fraction of sp³-hybridized carbons (Fsp3) is 0.400. The number of aliphatic carboxylic acids is 1. The molecule has 5 atom stereocenters. The molecule has 4 aromatic rings. The van der Waals surface area contributed by atoms with Gasteiger partial charge in [0.2, 0.25) is 16.3 Å². The highest BCUT2D eigenvalue weighted by molar-refractivity contribution is 7.89. The van der Waals surface area contributed by atoms with Gasteiger partial charge in [-0.2, -0.15) is 14.7 Å². The van der Waals surface area contributed by atoms with Crippen LogP contribution in [0, 0.1) is 11.3 Å². The maximum Gasteiger partial charge on any atom is 0.335 e. The van der Waals surface area contributed by atoms with E-state index in [1.165, 1.54) is 45.5 Å². The van der Waals surface area contributed by atoms with Crippen molar-refractivity contribution in [2.24, 2.45) is 0 Å². The molecule has 2 aliphatic rings. The molecule has 1 aromatic carbocycles. The first-order chi connectivity index (χ1) is 23.3. The summed E-state index contributed by atoms with van der Waals surface area (Å²) in [5.41, 5.74) is 0.589. The van der Waals surface area contributed by atoms with Crippen LogP contribution in [0.2, 0.25) is 0 Å². The Hall–Kier alpha value is -4.97. The number of para-hydroxylation sites is 2. The van der Waals surface area contributed by atoms with E-state index in [2.05, 4.69) is 21.1 Å². The molecule has 0 radical (unpaired) electrons. The molecule has 49 heavy (non-hydrogen) atoms. The van der Waals surface area contributed by atoms with Crippen LogP contribution in [0.25, 0.3) is 22.3 Å². The number of hydrogen-bond donors (Lipinski definition) is 4. The molecule has 2 saturated heterocycles. The van der Waals surface area contributed by atoms with E-state index in [-0.39, 0.29) is 42.3 Å². The van der Waals surface area contributed by atoms with E-state index >= 15 is 0 Å². The summed E-state index contributed by atoms with van der Waals surface area (Å²) >= 11 is 0. The Morgan fingerprint density at radius 3 is 2.57 bits per heavy atom. The average molecular weight is 697 g/mol. The van der Waals surface area contributed by atoms with Crippen molar-refractivity contribution in [1.29, 1.82) is 5.26 Å². The van der Waals surface area contributed by atoms with Crippen LogP contribution in [0.15, 0.2) is 55.2 Å². The molecular formula is C30H32N8O10S. The smallest absolute Gasteiger partial charge is 0.335 e. The maximum atomic E-state index is 13.8. The number of sulfonamides is 1. The molecule has 258 valence electrons. The minimum absolute atomic E-state index is 0.00177. The van der Waals surface area contributed by atoms with E-state index in [1.54, 1.807) is 42.2 Å². The fourth-order valence-electron chi connectivity index (χ4n) is 5.89. The molecule has 0 aliphatic carbocycles. The van der Waals surface area contributed by atoms with Crippen molar-refractivity contribution in [1.82, 2.24) is 28.6 Å². The number of anilines is 1.